The molecule has 3 heterocycles. The fraction of sp³-hybridized carbons (Fsp3) is 0.972. The number of hydrogen-bond donors (Lipinski definition) is 6. The molecule has 3 aliphatic rings. The lowest BCUT2D eigenvalue weighted by Gasteiger charge is -2.30. The van der Waals surface area contributed by atoms with Gasteiger partial charge < -0.3 is 63.9 Å². The Labute approximate surface area is 296 Å². The zero-order valence-electron chi connectivity index (χ0n) is 33.1. The van der Waals surface area contributed by atoms with E-state index in [9.17, 15) is 4.79 Å². The number of ketones is 1. The highest BCUT2D eigenvalue weighted by Crippen LogP contribution is 2.44. The summed E-state index contributed by atoms with van der Waals surface area (Å²) < 4.78 is 38.2. The van der Waals surface area contributed by atoms with Gasteiger partial charge in [0.25, 0.3) is 0 Å². The summed E-state index contributed by atoms with van der Waals surface area (Å²) in [6, 6.07) is 0. The van der Waals surface area contributed by atoms with Gasteiger partial charge in [-0.3, -0.25) is 0 Å². The van der Waals surface area contributed by atoms with Crippen molar-refractivity contribution < 1.29 is 65.3 Å². The normalized spacial score (nSPS) is 34.1. The van der Waals surface area contributed by atoms with Crippen LogP contribution in [0.15, 0.2) is 0 Å². The molecule has 49 heavy (non-hydrogen) atoms. The van der Waals surface area contributed by atoms with Crippen LogP contribution in [0.1, 0.15) is 110 Å². The molecular weight excluding hydrogens is 640 g/mol. The number of aliphatic hydroxyl groups is 6. The third-order valence-electron chi connectivity index (χ3n) is 8.28. The maximum absolute atomic E-state index is 10.3. The molecule has 0 spiro atoms. The first-order valence-corrected chi connectivity index (χ1v) is 17.9. The van der Waals surface area contributed by atoms with Crippen LogP contribution in [0.25, 0.3) is 0 Å². The molecule has 3 saturated heterocycles. The zero-order chi connectivity index (χ0) is 37.9. The van der Waals surface area contributed by atoms with Gasteiger partial charge >= 0.3 is 1.43 Å². The number of carbonyl (C=O) groups excluding carboxylic acids is 1. The van der Waals surface area contributed by atoms with Crippen LogP contribution < -0.4 is 0 Å². The van der Waals surface area contributed by atoms with Crippen molar-refractivity contribution >= 4 is 5.78 Å². The number of hydrogen-bond acceptors (Lipinski definition) is 13. The topological polar surface area (TPSA) is 194 Å². The van der Waals surface area contributed by atoms with E-state index in [0.29, 0.717) is 36.9 Å². The van der Waals surface area contributed by atoms with Crippen LogP contribution in [-0.4, -0.2) is 129 Å². The largest absolute Gasteiger partial charge is 1.00 e. The van der Waals surface area contributed by atoms with E-state index in [1.807, 2.05) is 34.6 Å². The molecule has 6 N–H and O–H groups in total. The average molecular weight is 712 g/mol. The van der Waals surface area contributed by atoms with Crippen LogP contribution in [0.4, 0.5) is 0 Å². The lowest BCUT2D eigenvalue weighted by atomic mass is 10.0. The number of carbonyl (C=O) groups is 1. The first-order chi connectivity index (χ1) is 22.5. The number of rotatable bonds is 15. The molecule has 0 radical (unpaired) electrons. The second-order valence-electron chi connectivity index (χ2n) is 16.1. The van der Waals surface area contributed by atoms with Crippen LogP contribution in [0.2, 0.25) is 0 Å². The van der Waals surface area contributed by atoms with Gasteiger partial charge in [-0.15, -0.1) is 0 Å². The number of ether oxygens (including phenoxy) is 6. The van der Waals surface area contributed by atoms with E-state index >= 15 is 0 Å². The Morgan fingerprint density at radius 2 is 0.939 bits per heavy atom. The zero-order valence-corrected chi connectivity index (χ0v) is 32.1. The van der Waals surface area contributed by atoms with Crippen molar-refractivity contribution in [3.8, 4) is 0 Å². The van der Waals surface area contributed by atoms with E-state index in [0.717, 1.165) is 25.7 Å². The molecule has 0 amide bonds. The van der Waals surface area contributed by atoms with Crippen molar-refractivity contribution in [3.05, 3.63) is 0 Å². The summed E-state index contributed by atoms with van der Waals surface area (Å²) in [5.41, 5.74) is 0. The van der Waals surface area contributed by atoms with E-state index in [2.05, 4.69) is 41.5 Å². The Morgan fingerprint density at radius 1 is 0.612 bits per heavy atom. The fourth-order valence-electron chi connectivity index (χ4n) is 6.71. The molecule has 0 aromatic carbocycles. The van der Waals surface area contributed by atoms with E-state index in [1.54, 1.807) is 6.92 Å². The highest BCUT2D eigenvalue weighted by atomic mass is 16.8. The Morgan fingerprint density at radius 3 is 1.18 bits per heavy atom. The molecule has 3 fully saturated rings. The highest BCUT2D eigenvalue weighted by Gasteiger charge is 2.57. The molecule has 0 saturated carbocycles. The van der Waals surface area contributed by atoms with E-state index in [4.69, 9.17) is 59.1 Å². The van der Waals surface area contributed by atoms with E-state index in [-0.39, 0.29) is 31.6 Å². The second kappa shape index (κ2) is 20.4. The van der Waals surface area contributed by atoms with Gasteiger partial charge in [-0.25, -0.2) is 0 Å². The maximum Gasteiger partial charge on any atom is 1.00 e. The Kier molecular flexibility index (Phi) is 19.3. The minimum absolute atomic E-state index is 0. The molecule has 13 heteroatoms. The van der Waals surface area contributed by atoms with Gasteiger partial charge in [0.05, 0.1) is 26.4 Å². The Balaban J connectivity index is 0.000000994. The summed E-state index contributed by atoms with van der Waals surface area (Å²) in [6.07, 6.45) is -4.04. The van der Waals surface area contributed by atoms with Crippen molar-refractivity contribution in [2.45, 2.75) is 175 Å². The third-order valence-corrected chi connectivity index (χ3v) is 8.28. The molecule has 0 aliphatic carbocycles. The summed E-state index contributed by atoms with van der Waals surface area (Å²) in [5.74, 6) is 0.413. The van der Waals surface area contributed by atoms with Crippen LogP contribution in [0, 0.1) is 23.7 Å². The molecule has 0 bridgehead atoms. The molecule has 0 aromatic heterocycles. The Bertz CT molecular complexity index is 897. The van der Waals surface area contributed by atoms with Gasteiger partial charge in [-0.05, 0) is 51.4 Å². The lowest BCUT2D eigenvalue weighted by Crippen LogP contribution is -2.46. The van der Waals surface area contributed by atoms with Crippen molar-refractivity contribution in [2.75, 3.05) is 26.4 Å². The lowest BCUT2D eigenvalue weighted by molar-refractivity contribution is -0.201. The summed E-state index contributed by atoms with van der Waals surface area (Å²) in [7, 11) is 0. The van der Waals surface area contributed by atoms with Crippen LogP contribution in [-0.2, 0) is 33.2 Å². The van der Waals surface area contributed by atoms with Gasteiger partial charge in [-0.1, -0.05) is 55.4 Å². The molecule has 3 aliphatic heterocycles. The van der Waals surface area contributed by atoms with Gasteiger partial charge in [0.2, 0.25) is 0 Å². The summed E-state index contributed by atoms with van der Waals surface area (Å²) in [5, 5.41) is 52.2. The van der Waals surface area contributed by atoms with Crippen LogP contribution in [0.5, 0.6) is 0 Å². The summed E-state index contributed by atoms with van der Waals surface area (Å²) in [4.78, 5) is 10.3. The molecule has 10 atom stereocenters. The highest BCUT2D eigenvalue weighted by molar-refractivity contribution is 5.75. The standard InChI is InChI=1S/C24H44O6.C6H14O6.C6H12O/c1-15(2)10-22(7)25-13-18(27-22)20-21(30-24(9,29-20)12-17(5)6)19-14-26-23(8,28-19)11-16(3)4;7-1-3(9)5(11)6(12)4(10)2-8;1-5(2)4-6(3)7/h15-21H,10-14H2,1-9H3;3-12H,1-2H2;5H,4H2,1-3H3/p+1/t18-,19-,20-,21-,22?,23?,24?;3-,4-,5-,6-;/m11./s1. The quantitative estimate of drug-likeness (QED) is 0.145. The average Bonchev–Trinajstić information content (AvgIpc) is 3.64. The molecule has 3 rings (SSSR count). The van der Waals surface area contributed by atoms with Gasteiger partial charge in [0.1, 0.15) is 54.6 Å². The van der Waals surface area contributed by atoms with Gasteiger partial charge in [0, 0.05) is 25.7 Å². The third kappa shape index (κ3) is 15.8. The number of aliphatic hydroxyl groups excluding tert-OH is 6. The van der Waals surface area contributed by atoms with Crippen LogP contribution >= 0.6 is 0 Å². The maximum atomic E-state index is 10.3. The molecule has 2 unspecified atom stereocenters. The Hall–Kier alpha value is -0.810. The van der Waals surface area contributed by atoms with Crippen molar-refractivity contribution in [1.29, 1.82) is 0 Å². The molecule has 13 nitrogen and oxygen atoms in total. The van der Waals surface area contributed by atoms with E-state index < -0.39 is 55.0 Å². The monoisotopic (exact) mass is 711 g/mol. The second-order valence-corrected chi connectivity index (χ2v) is 16.1. The van der Waals surface area contributed by atoms with E-state index in [1.165, 1.54) is 0 Å². The van der Waals surface area contributed by atoms with Crippen molar-refractivity contribution in [1.82, 2.24) is 0 Å². The smallest absolute Gasteiger partial charge is 0.394 e. The molecule has 292 valence electrons. The molecule has 0 aromatic rings. The van der Waals surface area contributed by atoms with Gasteiger partial charge in [0.15, 0.2) is 17.4 Å². The predicted octanol–water partition coefficient (Wildman–Crippen LogP) is 3.04. The number of Topliss-reactive ketones (excluding diaryl/α,β-unsaturated/α-hetero) is 1. The fourth-order valence-corrected chi connectivity index (χ4v) is 6.71. The van der Waals surface area contributed by atoms with Crippen LogP contribution in [0.3, 0.4) is 0 Å². The minimum Gasteiger partial charge on any atom is -0.394 e. The minimum atomic E-state index is -1.67. The summed E-state index contributed by atoms with van der Waals surface area (Å²) in [6.45, 7) is 24.5. The predicted molar refractivity (Wildman–Crippen MR) is 184 cm³/mol. The SMILES string of the molecule is CC(=O)CC(C)C.CC(C)CC1(C)O[C@H]([C@H]2COC(C)(CC(C)C)O2)[C@@H]([C@H]2COC(C)(CC(C)C)O2)O1.OC[C@@H](O)[C@@H](O)[C@H](O)[C@H](O)CO.[H+]. The first kappa shape index (κ1) is 46.2. The first-order valence-electron chi connectivity index (χ1n) is 17.9. The summed E-state index contributed by atoms with van der Waals surface area (Å²) >= 11 is 0. The molecular formula is C36H71O13+. The van der Waals surface area contributed by atoms with Gasteiger partial charge in [-0.2, -0.15) is 0 Å². The van der Waals surface area contributed by atoms with Crippen molar-refractivity contribution in [2.24, 2.45) is 23.7 Å². The van der Waals surface area contributed by atoms with Crippen molar-refractivity contribution in [3.63, 3.8) is 0 Å².